The van der Waals surface area contributed by atoms with Crippen molar-refractivity contribution in [2.24, 2.45) is 0 Å². The molecule has 0 amide bonds. The molecule has 2 aromatic carbocycles. The molecule has 1 aromatic heterocycles. The van der Waals surface area contributed by atoms with Crippen molar-refractivity contribution < 1.29 is 4.79 Å². The van der Waals surface area contributed by atoms with Gasteiger partial charge in [-0.1, -0.05) is 41.9 Å². The molecule has 0 atom stereocenters. The van der Waals surface area contributed by atoms with Crippen LogP contribution >= 0.6 is 27.5 Å². The van der Waals surface area contributed by atoms with E-state index in [9.17, 15) is 9.59 Å². The molecule has 0 saturated carbocycles. The van der Waals surface area contributed by atoms with E-state index in [0.717, 1.165) is 11.8 Å². The highest BCUT2D eigenvalue weighted by Crippen LogP contribution is 2.22. The Morgan fingerprint density at radius 2 is 1.71 bits per heavy atom. The topological polar surface area (TPSA) is 39.1 Å². The molecule has 0 fully saturated rings. The van der Waals surface area contributed by atoms with Gasteiger partial charge in [-0.25, -0.2) is 0 Å². The van der Waals surface area contributed by atoms with Crippen LogP contribution in [0.3, 0.4) is 0 Å². The number of nitrogens with zero attached hydrogens (tertiary/aromatic N) is 1. The van der Waals surface area contributed by atoms with Crippen molar-refractivity contribution in [3.05, 3.63) is 97.3 Å². The molecule has 0 bridgehead atoms. The van der Waals surface area contributed by atoms with Gasteiger partial charge in [-0.15, -0.1) is 0 Å². The highest BCUT2D eigenvalue weighted by molar-refractivity contribution is 9.10. The van der Waals surface area contributed by atoms with Crippen molar-refractivity contribution in [1.82, 2.24) is 4.57 Å². The summed E-state index contributed by atoms with van der Waals surface area (Å²) >= 11 is 9.31. The van der Waals surface area contributed by atoms with Crippen LogP contribution in [0.15, 0.2) is 70.1 Å². The third kappa shape index (κ3) is 3.35. The number of carbonyl (C=O) groups excluding carboxylic acids is 1. The molecule has 1 heterocycles. The molecule has 5 heteroatoms. The van der Waals surface area contributed by atoms with Gasteiger partial charge in [0.2, 0.25) is 0 Å². The Kier molecular flexibility index (Phi) is 4.97. The van der Waals surface area contributed by atoms with Crippen LogP contribution in [0.4, 0.5) is 0 Å². The molecule has 0 aliphatic carbocycles. The molecule has 0 aliphatic heterocycles. The van der Waals surface area contributed by atoms with E-state index in [-0.39, 0.29) is 5.56 Å². The summed E-state index contributed by atoms with van der Waals surface area (Å²) in [7, 11) is 0. The lowest BCUT2D eigenvalue weighted by molar-refractivity contribution is 0.112. The van der Waals surface area contributed by atoms with Gasteiger partial charge in [-0.2, -0.15) is 0 Å². The van der Waals surface area contributed by atoms with E-state index in [1.807, 2.05) is 30.3 Å². The zero-order valence-corrected chi connectivity index (χ0v) is 14.9. The van der Waals surface area contributed by atoms with E-state index < -0.39 is 0 Å². The number of hydrogen-bond acceptors (Lipinski definition) is 2. The minimum Gasteiger partial charge on any atom is -0.298 e. The quantitative estimate of drug-likeness (QED) is 0.596. The number of aldehydes is 1. The summed E-state index contributed by atoms with van der Waals surface area (Å²) in [5, 5.41) is 0.587. The lowest BCUT2D eigenvalue weighted by atomic mass is 10.0. The number of aromatic nitrogens is 1. The molecule has 0 N–H and O–H groups in total. The van der Waals surface area contributed by atoms with Gasteiger partial charge < -0.3 is 0 Å². The highest BCUT2D eigenvalue weighted by Gasteiger charge is 2.15. The fraction of sp³-hybridized carbons (Fsp3) is 0.0526. The molecule has 0 radical (unpaired) electrons. The Balaban J connectivity index is 2.17. The Labute approximate surface area is 152 Å². The maximum absolute atomic E-state index is 12.9. The van der Waals surface area contributed by atoms with E-state index in [4.69, 9.17) is 11.6 Å². The van der Waals surface area contributed by atoms with Gasteiger partial charge in [0.15, 0.2) is 6.29 Å². The third-order valence-electron chi connectivity index (χ3n) is 3.72. The predicted molar refractivity (Wildman–Crippen MR) is 99.4 cm³/mol. The molecule has 3 rings (SSSR count). The average molecular weight is 403 g/mol. The lowest BCUT2D eigenvalue weighted by Gasteiger charge is -2.12. The molecular weight excluding hydrogens is 390 g/mol. The van der Waals surface area contributed by atoms with Crippen molar-refractivity contribution in [2.45, 2.75) is 6.42 Å². The fourth-order valence-electron chi connectivity index (χ4n) is 2.50. The Hall–Kier alpha value is -2.17. The Bertz CT molecular complexity index is 934. The molecule has 0 aliphatic rings. The molecule has 3 nitrogen and oxygen atoms in total. The second-order valence-electron chi connectivity index (χ2n) is 5.31. The first-order valence-electron chi connectivity index (χ1n) is 7.29. The number of halogens is 2. The van der Waals surface area contributed by atoms with Gasteiger partial charge in [-0.3, -0.25) is 14.2 Å². The van der Waals surface area contributed by atoms with Crippen LogP contribution in [-0.2, 0) is 6.42 Å². The highest BCUT2D eigenvalue weighted by atomic mass is 79.9. The van der Waals surface area contributed by atoms with Crippen LogP contribution in [0.25, 0.3) is 5.69 Å². The van der Waals surface area contributed by atoms with Crippen LogP contribution in [0.1, 0.15) is 21.5 Å². The van der Waals surface area contributed by atoms with E-state index >= 15 is 0 Å². The van der Waals surface area contributed by atoms with Crippen molar-refractivity contribution in [1.29, 1.82) is 0 Å². The van der Waals surface area contributed by atoms with Crippen LogP contribution in [0.5, 0.6) is 0 Å². The summed E-state index contributed by atoms with van der Waals surface area (Å²) in [6, 6.07) is 16.6. The Morgan fingerprint density at radius 1 is 1.04 bits per heavy atom. The standard InChI is InChI=1S/C19H13BrClNO2/c20-18-14(12-23)11-22(16-8-6-15(21)7-9-16)19(24)17(18)10-13-4-2-1-3-5-13/h1-9,11-12H,10H2. The second-order valence-corrected chi connectivity index (χ2v) is 6.54. The van der Waals surface area contributed by atoms with E-state index in [1.54, 1.807) is 24.3 Å². The number of rotatable bonds is 4. The van der Waals surface area contributed by atoms with Crippen molar-refractivity contribution in [3.8, 4) is 5.69 Å². The predicted octanol–water partition coefficient (Wildman–Crippen LogP) is 4.66. The SMILES string of the molecule is O=Cc1cn(-c2ccc(Cl)cc2)c(=O)c(Cc2ccccc2)c1Br. The first-order chi connectivity index (χ1) is 11.6. The molecule has 0 saturated heterocycles. The lowest BCUT2D eigenvalue weighted by Crippen LogP contribution is -2.24. The van der Waals surface area contributed by atoms with Gasteiger partial charge in [0.25, 0.3) is 5.56 Å². The minimum atomic E-state index is -0.168. The summed E-state index contributed by atoms with van der Waals surface area (Å²) < 4.78 is 2.01. The maximum atomic E-state index is 12.9. The van der Waals surface area contributed by atoms with E-state index in [1.165, 1.54) is 10.8 Å². The minimum absolute atomic E-state index is 0.168. The number of benzene rings is 2. The monoisotopic (exact) mass is 401 g/mol. The Morgan fingerprint density at radius 3 is 2.33 bits per heavy atom. The van der Waals surface area contributed by atoms with Gasteiger partial charge >= 0.3 is 0 Å². The third-order valence-corrected chi connectivity index (χ3v) is 4.91. The normalized spacial score (nSPS) is 10.6. The first kappa shape index (κ1) is 16.7. The molecule has 24 heavy (non-hydrogen) atoms. The summed E-state index contributed by atoms with van der Waals surface area (Å²) in [5.74, 6) is 0. The summed E-state index contributed by atoms with van der Waals surface area (Å²) in [4.78, 5) is 24.3. The van der Waals surface area contributed by atoms with Crippen LogP contribution in [-0.4, -0.2) is 10.9 Å². The molecule has 0 spiro atoms. The molecule has 0 unspecified atom stereocenters. The second kappa shape index (κ2) is 7.16. The summed E-state index contributed by atoms with van der Waals surface area (Å²) in [6.45, 7) is 0. The largest absolute Gasteiger partial charge is 0.298 e. The summed E-state index contributed by atoms with van der Waals surface area (Å²) in [5.41, 5.74) is 2.46. The fourth-order valence-corrected chi connectivity index (χ4v) is 3.13. The number of pyridine rings is 1. The van der Waals surface area contributed by atoms with Crippen LogP contribution in [0.2, 0.25) is 5.02 Å². The van der Waals surface area contributed by atoms with Crippen molar-refractivity contribution >= 4 is 33.8 Å². The summed E-state index contributed by atoms with van der Waals surface area (Å²) in [6.07, 6.45) is 2.72. The van der Waals surface area contributed by atoms with Gasteiger partial charge in [0.1, 0.15) is 0 Å². The zero-order chi connectivity index (χ0) is 17.1. The number of carbonyl (C=O) groups is 1. The first-order valence-corrected chi connectivity index (χ1v) is 8.46. The van der Waals surface area contributed by atoms with Crippen LogP contribution in [0, 0.1) is 0 Å². The smallest absolute Gasteiger partial charge is 0.259 e. The van der Waals surface area contributed by atoms with E-state index in [0.29, 0.717) is 32.7 Å². The molecular formula is C19H13BrClNO2. The number of hydrogen-bond donors (Lipinski definition) is 0. The molecule has 3 aromatic rings. The van der Waals surface area contributed by atoms with Crippen LogP contribution < -0.4 is 5.56 Å². The van der Waals surface area contributed by atoms with Gasteiger partial charge in [0, 0.05) is 38.9 Å². The van der Waals surface area contributed by atoms with Gasteiger partial charge in [-0.05, 0) is 45.8 Å². The van der Waals surface area contributed by atoms with Crippen molar-refractivity contribution in [2.75, 3.05) is 0 Å². The average Bonchev–Trinajstić information content (AvgIpc) is 2.61. The maximum Gasteiger partial charge on any atom is 0.259 e. The van der Waals surface area contributed by atoms with Crippen molar-refractivity contribution in [3.63, 3.8) is 0 Å². The molecule has 120 valence electrons. The van der Waals surface area contributed by atoms with Gasteiger partial charge in [0.05, 0.1) is 0 Å². The zero-order valence-electron chi connectivity index (χ0n) is 12.6. The van der Waals surface area contributed by atoms with E-state index in [2.05, 4.69) is 15.9 Å².